The number of carboxylic acid groups (broad SMARTS) is 1. The van der Waals surface area contributed by atoms with Gasteiger partial charge in [-0.1, -0.05) is 19.3 Å². The van der Waals surface area contributed by atoms with E-state index in [1.54, 1.807) is 6.07 Å². The van der Waals surface area contributed by atoms with Crippen LogP contribution in [0.4, 0.5) is 5.69 Å². The van der Waals surface area contributed by atoms with Gasteiger partial charge >= 0.3 is 5.97 Å². The predicted octanol–water partition coefficient (Wildman–Crippen LogP) is 1.99. The van der Waals surface area contributed by atoms with Crippen LogP contribution >= 0.6 is 0 Å². The van der Waals surface area contributed by atoms with E-state index in [2.05, 4.69) is 16.2 Å². The summed E-state index contributed by atoms with van der Waals surface area (Å²) in [4.78, 5) is 14.4. The molecule has 1 rings (SSSR count). The topological polar surface area (TPSA) is 62.2 Å². The van der Waals surface area contributed by atoms with Crippen molar-refractivity contribution in [2.75, 3.05) is 5.32 Å². The molecule has 4 heteroatoms. The fraction of sp³-hybridized carbons (Fsp3) is 0.333. The highest BCUT2D eigenvalue weighted by atomic mass is 16.4. The first kappa shape index (κ1) is 12.1. The lowest BCUT2D eigenvalue weighted by Gasteiger charge is -2.13. The Kier molecular flexibility index (Phi) is 4.34. The number of hydrogen-bond acceptors (Lipinski definition) is 3. The number of anilines is 1. The van der Waals surface area contributed by atoms with Crippen LogP contribution < -0.4 is 5.32 Å². The van der Waals surface area contributed by atoms with Crippen molar-refractivity contribution in [2.45, 2.75) is 25.8 Å². The summed E-state index contributed by atoms with van der Waals surface area (Å²) in [5.74, 6) is 1.58. The van der Waals surface area contributed by atoms with E-state index < -0.39 is 5.97 Å². The van der Waals surface area contributed by atoms with E-state index >= 15 is 0 Å². The van der Waals surface area contributed by atoms with Crippen molar-refractivity contribution in [2.24, 2.45) is 0 Å². The fourth-order valence-corrected chi connectivity index (χ4v) is 1.32. The molecule has 0 aliphatic carbocycles. The second kappa shape index (κ2) is 5.76. The van der Waals surface area contributed by atoms with Crippen LogP contribution in [0.2, 0.25) is 0 Å². The molecule has 1 aromatic heterocycles. The van der Waals surface area contributed by atoms with Crippen LogP contribution in [0.15, 0.2) is 18.3 Å². The number of nitrogens with one attached hydrogen (secondary N) is 1. The molecular formula is C12H14N2O2. The molecule has 1 unspecified atom stereocenters. The Morgan fingerprint density at radius 2 is 2.50 bits per heavy atom. The van der Waals surface area contributed by atoms with Crippen molar-refractivity contribution in [3.8, 4) is 12.3 Å². The smallest absolute Gasteiger partial charge is 0.354 e. The van der Waals surface area contributed by atoms with Crippen LogP contribution in [0.5, 0.6) is 0 Å². The van der Waals surface area contributed by atoms with E-state index in [0.717, 1.165) is 12.8 Å². The number of nitrogens with zero attached hydrogens (tertiary/aromatic N) is 1. The lowest BCUT2D eigenvalue weighted by atomic mass is 10.1. The molecule has 1 heterocycles. The Morgan fingerprint density at radius 3 is 3.06 bits per heavy atom. The molecule has 0 aliphatic heterocycles. The van der Waals surface area contributed by atoms with Crippen molar-refractivity contribution in [1.29, 1.82) is 0 Å². The minimum atomic E-state index is -1.05. The quantitative estimate of drug-likeness (QED) is 0.742. The maximum atomic E-state index is 10.7. The first-order valence-corrected chi connectivity index (χ1v) is 5.09. The molecule has 2 N–H and O–H groups in total. The lowest BCUT2D eigenvalue weighted by Crippen LogP contribution is -2.17. The van der Waals surface area contributed by atoms with Gasteiger partial charge in [0.1, 0.15) is 5.69 Å². The zero-order valence-corrected chi connectivity index (χ0v) is 9.10. The number of carboxylic acids is 1. The first-order chi connectivity index (χ1) is 7.67. The van der Waals surface area contributed by atoms with E-state index in [9.17, 15) is 4.79 Å². The summed E-state index contributed by atoms with van der Waals surface area (Å²) in [5.41, 5.74) is 0.695. The van der Waals surface area contributed by atoms with Crippen LogP contribution in [0, 0.1) is 12.3 Å². The average molecular weight is 218 g/mol. The molecule has 1 aromatic rings. The van der Waals surface area contributed by atoms with Crippen LogP contribution in [-0.2, 0) is 0 Å². The summed E-state index contributed by atoms with van der Waals surface area (Å²) in [6, 6.07) is 3.10. The van der Waals surface area contributed by atoms with Gasteiger partial charge in [0.25, 0.3) is 0 Å². The van der Waals surface area contributed by atoms with Crippen LogP contribution in [-0.4, -0.2) is 22.1 Å². The number of pyridine rings is 1. The predicted molar refractivity (Wildman–Crippen MR) is 62.3 cm³/mol. The highest BCUT2D eigenvalue weighted by Crippen LogP contribution is 2.11. The normalized spacial score (nSPS) is 11.5. The molecule has 0 aromatic carbocycles. The summed E-state index contributed by atoms with van der Waals surface area (Å²) in [5, 5.41) is 11.9. The van der Waals surface area contributed by atoms with Crippen molar-refractivity contribution in [3.63, 3.8) is 0 Å². The third-order valence-corrected chi connectivity index (χ3v) is 2.10. The molecule has 0 amide bonds. The van der Waals surface area contributed by atoms with Gasteiger partial charge in [0, 0.05) is 11.9 Å². The molecule has 0 radical (unpaired) electrons. The standard InChI is InChI=1S/C12H14N2O2/c1-3-5-9(4-2)14-10-6-7-13-11(8-10)12(15)16/h2,6-9H,3,5H2,1H3,(H,13,14)(H,15,16). The van der Waals surface area contributed by atoms with Gasteiger partial charge in [0.2, 0.25) is 0 Å². The van der Waals surface area contributed by atoms with Gasteiger partial charge in [-0.3, -0.25) is 0 Å². The fourth-order valence-electron chi connectivity index (χ4n) is 1.32. The molecule has 4 nitrogen and oxygen atoms in total. The number of rotatable bonds is 5. The molecule has 0 fully saturated rings. The maximum Gasteiger partial charge on any atom is 0.354 e. The summed E-state index contributed by atoms with van der Waals surface area (Å²) in [7, 11) is 0. The molecule has 84 valence electrons. The monoisotopic (exact) mass is 218 g/mol. The van der Waals surface area contributed by atoms with E-state index in [4.69, 9.17) is 11.5 Å². The average Bonchev–Trinajstić information content (AvgIpc) is 2.29. The zero-order chi connectivity index (χ0) is 12.0. The lowest BCUT2D eigenvalue weighted by molar-refractivity contribution is 0.0690. The van der Waals surface area contributed by atoms with Gasteiger partial charge in [0.05, 0.1) is 6.04 Å². The SMILES string of the molecule is C#CC(CCC)Nc1ccnc(C(=O)O)c1. The molecule has 0 saturated heterocycles. The Morgan fingerprint density at radius 1 is 1.75 bits per heavy atom. The minimum absolute atomic E-state index is 0.0114. The van der Waals surface area contributed by atoms with Crippen molar-refractivity contribution in [3.05, 3.63) is 24.0 Å². The van der Waals surface area contributed by atoms with Crippen LogP contribution in [0.1, 0.15) is 30.3 Å². The van der Waals surface area contributed by atoms with E-state index in [-0.39, 0.29) is 11.7 Å². The maximum absolute atomic E-state index is 10.7. The minimum Gasteiger partial charge on any atom is -0.477 e. The van der Waals surface area contributed by atoms with Crippen LogP contribution in [0.25, 0.3) is 0 Å². The summed E-state index contributed by atoms with van der Waals surface area (Å²) in [6.45, 7) is 2.04. The van der Waals surface area contributed by atoms with E-state index in [1.165, 1.54) is 12.3 Å². The molecule has 0 saturated carbocycles. The summed E-state index contributed by atoms with van der Waals surface area (Å²) in [6.07, 6.45) is 8.63. The van der Waals surface area contributed by atoms with Crippen molar-refractivity contribution < 1.29 is 9.90 Å². The third-order valence-electron chi connectivity index (χ3n) is 2.10. The number of hydrogen-bond donors (Lipinski definition) is 2. The second-order valence-corrected chi connectivity index (χ2v) is 3.39. The summed E-state index contributed by atoms with van der Waals surface area (Å²) >= 11 is 0. The number of aromatic carboxylic acids is 1. The largest absolute Gasteiger partial charge is 0.477 e. The Hall–Kier alpha value is -2.02. The van der Waals surface area contributed by atoms with Gasteiger partial charge in [-0.2, -0.15) is 0 Å². The van der Waals surface area contributed by atoms with Gasteiger partial charge in [-0.05, 0) is 18.6 Å². The van der Waals surface area contributed by atoms with Gasteiger partial charge in [0.15, 0.2) is 0 Å². The number of carbonyl (C=O) groups is 1. The second-order valence-electron chi connectivity index (χ2n) is 3.39. The number of terminal acetylenes is 1. The van der Waals surface area contributed by atoms with Gasteiger partial charge in [-0.25, -0.2) is 9.78 Å². The summed E-state index contributed by atoms with van der Waals surface area (Å²) < 4.78 is 0. The van der Waals surface area contributed by atoms with E-state index in [1.807, 2.05) is 6.92 Å². The molecule has 1 atom stereocenters. The third kappa shape index (κ3) is 3.28. The van der Waals surface area contributed by atoms with Gasteiger partial charge < -0.3 is 10.4 Å². The highest BCUT2D eigenvalue weighted by Gasteiger charge is 2.07. The molecule has 0 spiro atoms. The van der Waals surface area contributed by atoms with Crippen molar-refractivity contribution in [1.82, 2.24) is 4.98 Å². The van der Waals surface area contributed by atoms with E-state index in [0.29, 0.717) is 5.69 Å². The Bertz CT molecular complexity index is 410. The number of aromatic nitrogens is 1. The Labute approximate surface area is 94.7 Å². The first-order valence-electron chi connectivity index (χ1n) is 5.09. The highest BCUT2D eigenvalue weighted by molar-refractivity contribution is 5.86. The Balaban J connectivity index is 2.77. The molecular weight excluding hydrogens is 204 g/mol. The van der Waals surface area contributed by atoms with Gasteiger partial charge in [-0.15, -0.1) is 6.42 Å². The molecule has 0 bridgehead atoms. The zero-order valence-electron chi connectivity index (χ0n) is 9.10. The molecule has 16 heavy (non-hydrogen) atoms. The molecule has 0 aliphatic rings. The van der Waals surface area contributed by atoms with Crippen LogP contribution in [0.3, 0.4) is 0 Å². The van der Waals surface area contributed by atoms with Crippen molar-refractivity contribution >= 4 is 11.7 Å².